The summed E-state index contributed by atoms with van der Waals surface area (Å²) in [5.41, 5.74) is 1.65. The Balaban J connectivity index is 1.44. The minimum absolute atomic E-state index is 0.0742. The molecule has 3 aromatic rings. The van der Waals surface area contributed by atoms with Crippen molar-refractivity contribution in [2.45, 2.75) is 19.5 Å². The first-order valence-corrected chi connectivity index (χ1v) is 9.67. The molecule has 1 fully saturated rings. The molecule has 0 aliphatic carbocycles. The fourth-order valence-corrected chi connectivity index (χ4v) is 3.60. The third kappa shape index (κ3) is 4.23. The van der Waals surface area contributed by atoms with Gasteiger partial charge in [-0.25, -0.2) is 18.7 Å². The molecule has 1 saturated heterocycles. The molecule has 0 unspecified atom stereocenters. The van der Waals surface area contributed by atoms with E-state index in [1.807, 2.05) is 12.1 Å². The lowest BCUT2D eigenvalue weighted by Crippen LogP contribution is -2.46. The molecule has 0 amide bonds. The zero-order valence-corrected chi connectivity index (χ0v) is 16.5. The Labute approximate surface area is 171 Å². The van der Waals surface area contributed by atoms with E-state index >= 15 is 0 Å². The fraction of sp³-hybridized carbons (Fsp3) is 0.400. The predicted molar refractivity (Wildman–Crippen MR) is 109 cm³/mol. The molecule has 0 radical (unpaired) electrons. The summed E-state index contributed by atoms with van der Waals surface area (Å²) in [6.07, 6.45) is 0.104. The van der Waals surface area contributed by atoms with Crippen LogP contribution in [0.3, 0.4) is 0 Å². The standard InChI is InChI=1S/C20H22F2N6O2/c1-25-12-23-14(8-19(25)29)10-26-4-6-27(7-5-26)15-2-3-16-17(9-15)24-13-28(20(16)30)11-18(21)22/h2-3,8-9,12-13,18H,4-7,10-11H2,1H3. The second kappa shape index (κ2) is 8.31. The van der Waals surface area contributed by atoms with Gasteiger partial charge < -0.3 is 9.47 Å². The minimum Gasteiger partial charge on any atom is -0.369 e. The molecule has 0 atom stereocenters. The maximum absolute atomic E-state index is 12.6. The second-order valence-electron chi connectivity index (χ2n) is 7.39. The highest BCUT2D eigenvalue weighted by atomic mass is 19.3. The van der Waals surface area contributed by atoms with Gasteiger partial charge in [0.2, 0.25) is 0 Å². The van der Waals surface area contributed by atoms with Crippen LogP contribution in [0.5, 0.6) is 0 Å². The topological polar surface area (TPSA) is 76.3 Å². The van der Waals surface area contributed by atoms with Crippen LogP contribution in [0.2, 0.25) is 0 Å². The van der Waals surface area contributed by atoms with Crippen LogP contribution in [0.1, 0.15) is 5.69 Å². The number of anilines is 1. The summed E-state index contributed by atoms with van der Waals surface area (Å²) < 4.78 is 27.6. The van der Waals surface area contributed by atoms with E-state index in [0.29, 0.717) is 17.4 Å². The molecule has 10 heteroatoms. The number of rotatable bonds is 5. The van der Waals surface area contributed by atoms with E-state index in [-0.39, 0.29) is 5.56 Å². The Morgan fingerprint density at radius 2 is 1.80 bits per heavy atom. The minimum atomic E-state index is -2.60. The Morgan fingerprint density at radius 1 is 1.03 bits per heavy atom. The summed E-state index contributed by atoms with van der Waals surface area (Å²) >= 11 is 0. The van der Waals surface area contributed by atoms with Crippen LogP contribution < -0.4 is 16.0 Å². The lowest BCUT2D eigenvalue weighted by Gasteiger charge is -2.36. The van der Waals surface area contributed by atoms with Gasteiger partial charge in [0.15, 0.2) is 0 Å². The molecule has 0 N–H and O–H groups in total. The molecule has 4 rings (SSSR count). The number of hydrogen-bond donors (Lipinski definition) is 0. The zero-order chi connectivity index (χ0) is 21.3. The maximum Gasteiger partial charge on any atom is 0.261 e. The van der Waals surface area contributed by atoms with Gasteiger partial charge in [0.1, 0.15) is 0 Å². The van der Waals surface area contributed by atoms with Crippen molar-refractivity contribution >= 4 is 16.6 Å². The summed E-state index contributed by atoms with van der Waals surface area (Å²) in [6, 6.07) is 6.86. The normalized spacial score (nSPS) is 15.3. The number of alkyl halides is 2. The van der Waals surface area contributed by atoms with Crippen molar-refractivity contribution in [2.75, 3.05) is 31.1 Å². The van der Waals surface area contributed by atoms with E-state index in [0.717, 1.165) is 42.1 Å². The first kappa shape index (κ1) is 20.1. The highest BCUT2D eigenvalue weighted by Crippen LogP contribution is 2.21. The number of aromatic nitrogens is 4. The van der Waals surface area contributed by atoms with Gasteiger partial charge in [0.25, 0.3) is 17.5 Å². The van der Waals surface area contributed by atoms with Gasteiger partial charge in [-0.05, 0) is 18.2 Å². The van der Waals surface area contributed by atoms with E-state index in [9.17, 15) is 18.4 Å². The Hall–Kier alpha value is -3.14. The Kier molecular flexibility index (Phi) is 5.58. The molecule has 1 aliphatic heterocycles. The molecule has 8 nitrogen and oxygen atoms in total. The van der Waals surface area contributed by atoms with Gasteiger partial charge >= 0.3 is 0 Å². The lowest BCUT2D eigenvalue weighted by molar-refractivity contribution is 0.125. The number of piperazine rings is 1. The molecule has 1 aromatic carbocycles. The van der Waals surface area contributed by atoms with Crippen molar-refractivity contribution in [1.82, 2.24) is 24.0 Å². The molecule has 0 bridgehead atoms. The summed E-state index contributed by atoms with van der Waals surface area (Å²) in [5, 5.41) is 0.331. The SMILES string of the molecule is Cn1cnc(CN2CCN(c3ccc4c(=O)n(CC(F)F)cnc4c3)CC2)cc1=O. The van der Waals surface area contributed by atoms with Crippen LogP contribution in [-0.4, -0.2) is 56.6 Å². The van der Waals surface area contributed by atoms with Crippen LogP contribution in [-0.2, 0) is 20.1 Å². The van der Waals surface area contributed by atoms with Gasteiger partial charge in [-0.2, -0.15) is 0 Å². The van der Waals surface area contributed by atoms with Crippen molar-refractivity contribution in [3.8, 4) is 0 Å². The first-order valence-electron chi connectivity index (χ1n) is 9.67. The highest BCUT2D eigenvalue weighted by Gasteiger charge is 2.19. The summed E-state index contributed by atoms with van der Waals surface area (Å²) in [7, 11) is 1.67. The molecular weight excluding hydrogens is 394 g/mol. The van der Waals surface area contributed by atoms with Crippen molar-refractivity contribution in [3.63, 3.8) is 0 Å². The molecule has 2 aromatic heterocycles. The summed E-state index contributed by atoms with van der Waals surface area (Å²) in [4.78, 5) is 37.0. The number of aryl methyl sites for hydroxylation is 1. The average molecular weight is 416 g/mol. The molecule has 1 aliphatic rings. The van der Waals surface area contributed by atoms with Crippen LogP contribution >= 0.6 is 0 Å². The van der Waals surface area contributed by atoms with E-state index in [2.05, 4.69) is 19.8 Å². The zero-order valence-electron chi connectivity index (χ0n) is 16.5. The van der Waals surface area contributed by atoms with Gasteiger partial charge in [-0.15, -0.1) is 0 Å². The fourth-order valence-electron chi connectivity index (χ4n) is 3.60. The van der Waals surface area contributed by atoms with E-state index in [1.54, 1.807) is 19.2 Å². The van der Waals surface area contributed by atoms with Crippen LogP contribution in [0.4, 0.5) is 14.5 Å². The van der Waals surface area contributed by atoms with Crippen molar-refractivity contribution < 1.29 is 8.78 Å². The largest absolute Gasteiger partial charge is 0.369 e. The molecule has 0 saturated carbocycles. The lowest BCUT2D eigenvalue weighted by atomic mass is 10.2. The maximum atomic E-state index is 12.6. The van der Waals surface area contributed by atoms with Gasteiger partial charge in [0.05, 0.1) is 35.8 Å². The number of hydrogen-bond acceptors (Lipinski definition) is 6. The first-order chi connectivity index (χ1) is 14.4. The van der Waals surface area contributed by atoms with Crippen molar-refractivity contribution in [2.24, 2.45) is 7.05 Å². The third-order valence-electron chi connectivity index (χ3n) is 5.30. The summed E-state index contributed by atoms with van der Waals surface area (Å²) in [5.74, 6) is 0. The van der Waals surface area contributed by atoms with E-state index in [4.69, 9.17) is 0 Å². The summed E-state index contributed by atoms with van der Waals surface area (Å²) in [6.45, 7) is 3.12. The molecule has 0 spiro atoms. The van der Waals surface area contributed by atoms with E-state index < -0.39 is 18.5 Å². The molecule has 158 valence electrons. The monoisotopic (exact) mass is 416 g/mol. The van der Waals surface area contributed by atoms with Gasteiger partial charge in [0, 0.05) is 51.5 Å². The van der Waals surface area contributed by atoms with Crippen LogP contribution in [0.25, 0.3) is 10.9 Å². The van der Waals surface area contributed by atoms with Crippen LogP contribution in [0.15, 0.2) is 46.5 Å². The van der Waals surface area contributed by atoms with Crippen LogP contribution in [0, 0.1) is 0 Å². The number of benzene rings is 1. The second-order valence-corrected chi connectivity index (χ2v) is 7.39. The van der Waals surface area contributed by atoms with Gasteiger partial charge in [-0.1, -0.05) is 0 Å². The molecule has 30 heavy (non-hydrogen) atoms. The van der Waals surface area contributed by atoms with Crippen molar-refractivity contribution in [1.29, 1.82) is 0 Å². The van der Waals surface area contributed by atoms with E-state index in [1.165, 1.54) is 17.2 Å². The molecular formula is C20H22F2N6O2. The number of fused-ring (bicyclic) bond motifs is 1. The highest BCUT2D eigenvalue weighted by molar-refractivity contribution is 5.81. The van der Waals surface area contributed by atoms with Gasteiger partial charge in [-0.3, -0.25) is 19.1 Å². The Bertz CT molecular complexity index is 1170. The molecule has 3 heterocycles. The average Bonchev–Trinajstić information content (AvgIpc) is 2.73. The smallest absolute Gasteiger partial charge is 0.261 e. The van der Waals surface area contributed by atoms with Crippen molar-refractivity contribution in [3.05, 3.63) is 63.3 Å². The number of halogens is 2. The number of nitrogens with zero attached hydrogens (tertiary/aromatic N) is 6. The third-order valence-corrected chi connectivity index (χ3v) is 5.30. The quantitative estimate of drug-likeness (QED) is 0.620. The Morgan fingerprint density at radius 3 is 2.50 bits per heavy atom. The predicted octanol–water partition coefficient (Wildman–Crippen LogP) is 1.08.